The van der Waals surface area contributed by atoms with Gasteiger partial charge in [0.05, 0.1) is 24.1 Å². The van der Waals surface area contributed by atoms with Crippen molar-refractivity contribution in [1.29, 1.82) is 0 Å². The topological polar surface area (TPSA) is 70.7 Å². The molecule has 0 radical (unpaired) electrons. The third kappa shape index (κ3) is 3.51. The fourth-order valence-electron chi connectivity index (χ4n) is 4.15. The summed E-state index contributed by atoms with van der Waals surface area (Å²) >= 11 is 1.43. The average molecular weight is 385 g/mol. The van der Waals surface area contributed by atoms with Crippen LogP contribution in [0.2, 0.25) is 0 Å². The molecule has 27 heavy (non-hydrogen) atoms. The number of aryl methyl sites for hydroxylation is 1. The maximum absolute atomic E-state index is 12.8. The minimum atomic E-state index is -0.106. The molecule has 3 amide bonds. The number of carbonyl (C=O) groups excluding carboxylic acids is 2. The summed E-state index contributed by atoms with van der Waals surface area (Å²) in [5.41, 5.74) is 1.73. The number of piperidine rings is 1. The molecule has 2 heterocycles. The number of benzene rings is 1. The molecule has 6 nitrogen and oxygen atoms in total. The van der Waals surface area contributed by atoms with Gasteiger partial charge in [0.15, 0.2) is 0 Å². The lowest BCUT2D eigenvalue weighted by molar-refractivity contribution is 0.0910. The fourth-order valence-corrected chi connectivity index (χ4v) is 4.78. The van der Waals surface area contributed by atoms with Gasteiger partial charge in [-0.15, -0.1) is 11.3 Å². The lowest BCUT2D eigenvalue weighted by atomic mass is 10.1. The average Bonchev–Trinajstić information content (AvgIpc) is 3.40. The number of carbonyl (C=O) groups is 2. The van der Waals surface area contributed by atoms with Gasteiger partial charge in [-0.2, -0.15) is 0 Å². The first-order valence-corrected chi connectivity index (χ1v) is 9.99. The summed E-state index contributed by atoms with van der Waals surface area (Å²) in [4.78, 5) is 27.8. The zero-order chi connectivity index (χ0) is 19.0. The van der Waals surface area contributed by atoms with Crippen molar-refractivity contribution in [2.24, 2.45) is 5.92 Å². The van der Waals surface area contributed by atoms with Gasteiger partial charge in [-0.05, 0) is 60.9 Å². The van der Waals surface area contributed by atoms with Crippen LogP contribution in [-0.4, -0.2) is 42.6 Å². The number of urea groups is 1. The van der Waals surface area contributed by atoms with Crippen LogP contribution in [0, 0.1) is 12.8 Å². The lowest BCUT2D eigenvalue weighted by Crippen LogP contribution is -2.52. The molecule has 2 aromatic rings. The first-order chi connectivity index (χ1) is 13.0. The van der Waals surface area contributed by atoms with E-state index in [0.29, 0.717) is 10.8 Å². The van der Waals surface area contributed by atoms with E-state index < -0.39 is 0 Å². The Labute approximate surface area is 162 Å². The predicted molar refractivity (Wildman–Crippen MR) is 106 cm³/mol. The number of methoxy groups -OCH3 is 1. The van der Waals surface area contributed by atoms with Crippen molar-refractivity contribution in [2.45, 2.75) is 31.8 Å². The highest BCUT2D eigenvalue weighted by Crippen LogP contribution is 2.38. The van der Waals surface area contributed by atoms with E-state index in [1.54, 1.807) is 7.11 Å². The number of hydrogen-bond donors (Lipinski definition) is 2. The number of thiophene rings is 1. The van der Waals surface area contributed by atoms with E-state index in [-0.39, 0.29) is 24.0 Å². The van der Waals surface area contributed by atoms with Crippen molar-refractivity contribution in [1.82, 2.24) is 10.2 Å². The molecule has 7 heteroatoms. The summed E-state index contributed by atoms with van der Waals surface area (Å²) in [6.07, 6.45) is 1.89. The minimum Gasteiger partial charge on any atom is -0.497 e. The SMILES string of the molecule is COc1ccc(NC(=O)N2C[C@@H]3C[C@H](NC(=O)c4cccs4)[C@H]2C3)c(C)c1. The molecule has 0 spiro atoms. The number of nitrogens with zero attached hydrogens (tertiary/aromatic N) is 1. The van der Waals surface area contributed by atoms with Gasteiger partial charge in [0.2, 0.25) is 0 Å². The summed E-state index contributed by atoms with van der Waals surface area (Å²) in [5.74, 6) is 1.17. The number of hydrogen-bond acceptors (Lipinski definition) is 4. The molecule has 2 bridgehead atoms. The number of anilines is 1. The monoisotopic (exact) mass is 385 g/mol. The first kappa shape index (κ1) is 17.9. The standard InChI is InChI=1S/C20H23N3O3S/c1-12-8-14(26-2)5-6-15(12)22-20(25)23-11-13-9-16(17(23)10-13)21-19(24)18-4-3-7-27-18/h3-8,13,16-17H,9-11H2,1-2H3,(H,21,24)(H,22,25)/t13-,16+,17-/m1/s1. The second kappa shape index (κ2) is 7.23. The van der Waals surface area contributed by atoms with Crippen LogP contribution in [0.4, 0.5) is 10.5 Å². The van der Waals surface area contributed by atoms with Crippen molar-refractivity contribution >= 4 is 29.0 Å². The summed E-state index contributed by atoms with van der Waals surface area (Å²) < 4.78 is 5.21. The van der Waals surface area contributed by atoms with Crippen LogP contribution < -0.4 is 15.4 Å². The Morgan fingerprint density at radius 2 is 2.11 bits per heavy atom. The van der Waals surface area contributed by atoms with Gasteiger partial charge in [-0.1, -0.05) is 6.07 Å². The van der Waals surface area contributed by atoms with Crippen molar-refractivity contribution in [3.05, 3.63) is 46.2 Å². The summed E-state index contributed by atoms with van der Waals surface area (Å²) in [6.45, 7) is 2.69. The van der Waals surface area contributed by atoms with E-state index in [1.165, 1.54) is 11.3 Å². The Kier molecular flexibility index (Phi) is 4.78. The maximum atomic E-state index is 12.8. The molecule has 1 aliphatic heterocycles. The third-order valence-corrected chi connectivity index (χ3v) is 6.35. The molecule has 2 aliphatic rings. The van der Waals surface area contributed by atoms with Crippen LogP contribution in [0.25, 0.3) is 0 Å². The third-order valence-electron chi connectivity index (χ3n) is 5.48. The van der Waals surface area contributed by atoms with Gasteiger partial charge >= 0.3 is 6.03 Å². The molecule has 1 saturated heterocycles. The second-order valence-corrected chi connectivity index (χ2v) is 8.17. The van der Waals surface area contributed by atoms with Gasteiger partial charge in [0.25, 0.3) is 5.91 Å². The normalized spacial score (nSPS) is 23.3. The maximum Gasteiger partial charge on any atom is 0.322 e. The molecule has 4 rings (SSSR count). The van der Waals surface area contributed by atoms with Crippen LogP contribution in [0.15, 0.2) is 35.7 Å². The van der Waals surface area contributed by atoms with Gasteiger partial charge in [-0.25, -0.2) is 4.79 Å². The van der Waals surface area contributed by atoms with Crippen LogP contribution >= 0.6 is 11.3 Å². The van der Waals surface area contributed by atoms with Crippen LogP contribution in [0.5, 0.6) is 5.75 Å². The van der Waals surface area contributed by atoms with E-state index in [9.17, 15) is 9.59 Å². The molecule has 0 unspecified atom stereocenters. The molecule has 2 fully saturated rings. The smallest absolute Gasteiger partial charge is 0.322 e. The van der Waals surface area contributed by atoms with E-state index in [1.807, 2.05) is 47.5 Å². The summed E-state index contributed by atoms with van der Waals surface area (Å²) in [6, 6.07) is 9.25. The van der Waals surface area contributed by atoms with Crippen molar-refractivity contribution < 1.29 is 14.3 Å². The molecule has 1 aliphatic carbocycles. The molecule has 142 valence electrons. The van der Waals surface area contributed by atoms with Gasteiger partial charge in [-0.3, -0.25) is 4.79 Å². The predicted octanol–water partition coefficient (Wildman–Crippen LogP) is 3.49. The van der Waals surface area contributed by atoms with Crippen molar-refractivity contribution in [3.63, 3.8) is 0 Å². The minimum absolute atomic E-state index is 0.0149. The highest BCUT2D eigenvalue weighted by molar-refractivity contribution is 7.12. The second-order valence-electron chi connectivity index (χ2n) is 7.23. The van der Waals surface area contributed by atoms with Gasteiger partial charge in [0, 0.05) is 12.2 Å². The van der Waals surface area contributed by atoms with Gasteiger partial charge < -0.3 is 20.3 Å². The molecule has 1 aromatic carbocycles. The Morgan fingerprint density at radius 1 is 1.26 bits per heavy atom. The van der Waals surface area contributed by atoms with Crippen LogP contribution in [0.3, 0.4) is 0 Å². The van der Waals surface area contributed by atoms with E-state index in [4.69, 9.17) is 4.74 Å². The largest absolute Gasteiger partial charge is 0.497 e. The number of nitrogens with one attached hydrogen (secondary N) is 2. The quantitative estimate of drug-likeness (QED) is 0.846. The number of ether oxygens (including phenoxy) is 1. The van der Waals surface area contributed by atoms with E-state index in [0.717, 1.165) is 36.4 Å². The zero-order valence-corrected chi connectivity index (χ0v) is 16.2. The van der Waals surface area contributed by atoms with Crippen LogP contribution in [-0.2, 0) is 0 Å². The lowest BCUT2D eigenvalue weighted by Gasteiger charge is -2.33. The molecule has 1 saturated carbocycles. The van der Waals surface area contributed by atoms with E-state index in [2.05, 4.69) is 10.6 Å². The molecule has 1 aromatic heterocycles. The summed E-state index contributed by atoms with van der Waals surface area (Å²) in [5, 5.41) is 8.03. The number of fused-ring (bicyclic) bond motifs is 2. The fraction of sp³-hybridized carbons (Fsp3) is 0.400. The first-order valence-electron chi connectivity index (χ1n) is 9.12. The Bertz CT molecular complexity index is 852. The highest BCUT2D eigenvalue weighted by atomic mass is 32.1. The van der Waals surface area contributed by atoms with Gasteiger partial charge in [0.1, 0.15) is 5.75 Å². The Balaban J connectivity index is 1.42. The number of likely N-dealkylation sites (tertiary alicyclic amines) is 1. The molecule has 3 atom stereocenters. The molecule has 2 N–H and O–H groups in total. The number of rotatable bonds is 4. The molecular formula is C20H23N3O3S. The van der Waals surface area contributed by atoms with Crippen LogP contribution in [0.1, 0.15) is 28.1 Å². The molecular weight excluding hydrogens is 362 g/mol. The zero-order valence-electron chi connectivity index (χ0n) is 15.4. The van der Waals surface area contributed by atoms with Crippen molar-refractivity contribution in [2.75, 3.05) is 19.0 Å². The highest BCUT2D eigenvalue weighted by Gasteiger charge is 2.47. The van der Waals surface area contributed by atoms with Crippen molar-refractivity contribution in [3.8, 4) is 5.75 Å². The summed E-state index contributed by atoms with van der Waals surface area (Å²) in [7, 11) is 1.62. The Hall–Kier alpha value is -2.54. The van der Waals surface area contributed by atoms with E-state index >= 15 is 0 Å². The number of amides is 3. The Morgan fingerprint density at radius 3 is 2.78 bits per heavy atom.